The smallest absolute Gasteiger partial charge is 0.278 e. The minimum atomic E-state index is -0.346. The zero-order valence-corrected chi connectivity index (χ0v) is 10.9. The molecule has 0 aliphatic carbocycles. The standard InChI is InChI=1S/C13H16N4O2/c1-3-10-11(14)12(17-16-10)13(18)15-8-5-4-6-9(7-8)19-2/h4-7H,3,14H2,1-2H3,(H,15,18)(H,16,17). The van der Waals surface area contributed by atoms with Crippen LogP contribution in [0.1, 0.15) is 23.1 Å². The van der Waals surface area contributed by atoms with E-state index in [9.17, 15) is 4.79 Å². The van der Waals surface area contributed by atoms with Gasteiger partial charge in [0, 0.05) is 11.8 Å². The van der Waals surface area contributed by atoms with Crippen LogP contribution in [0, 0.1) is 0 Å². The molecule has 0 saturated carbocycles. The lowest BCUT2D eigenvalue weighted by Gasteiger charge is -2.06. The summed E-state index contributed by atoms with van der Waals surface area (Å²) < 4.78 is 5.09. The van der Waals surface area contributed by atoms with Gasteiger partial charge >= 0.3 is 0 Å². The lowest BCUT2D eigenvalue weighted by molar-refractivity contribution is 0.102. The van der Waals surface area contributed by atoms with Crippen molar-refractivity contribution in [2.75, 3.05) is 18.2 Å². The summed E-state index contributed by atoms with van der Waals surface area (Å²) in [7, 11) is 1.57. The van der Waals surface area contributed by atoms with E-state index < -0.39 is 0 Å². The van der Waals surface area contributed by atoms with Crippen LogP contribution < -0.4 is 15.8 Å². The number of carbonyl (C=O) groups excluding carboxylic acids is 1. The Morgan fingerprint density at radius 2 is 2.32 bits per heavy atom. The van der Waals surface area contributed by atoms with Gasteiger partial charge in [-0.25, -0.2) is 0 Å². The zero-order valence-electron chi connectivity index (χ0n) is 10.9. The predicted octanol–water partition coefficient (Wildman–Crippen LogP) is 1.82. The Kier molecular flexibility index (Phi) is 3.70. The van der Waals surface area contributed by atoms with Crippen molar-refractivity contribution in [2.24, 2.45) is 0 Å². The highest BCUT2D eigenvalue weighted by Gasteiger charge is 2.16. The molecule has 6 heteroatoms. The van der Waals surface area contributed by atoms with Gasteiger partial charge in [-0.1, -0.05) is 13.0 Å². The number of hydrogen-bond acceptors (Lipinski definition) is 4. The number of nitrogens with two attached hydrogens (primary N) is 1. The van der Waals surface area contributed by atoms with Crippen molar-refractivity contribution in [3.05, 3.63) is 35.7 Å². The van der Waals surface area contributed by atoms with Crippen molar-refractivity contribution in [3.8, 4) is 5.75 Å². The van der Waals surface area contributed by atoms with Gasteiger partial charge in [-0.05, 0) is 18.6 Å². The van der Waals surface area contributed by atoms with E-state index >= 15 is 0 Å². The number of benzene rings is 1. The minimum Gasteiger partial charge on any atom is -0.497 e. The van der Waals surface area contributed by atoms with Gasteiger partial charge in [-0.3, -0.25) is 9.89 Å². The molecule has 0 saturated heterocycles. The Morgan fingerprint density at radius 3 is 2.95 bits per heavy atom. The fourth-order valence-corrected chi connectivity index (χ4v) is 1.72. The maximum Gasteiger partial charge on any atom is 0.278 e. The van der Waals surface area contributed by atoms with Crippen molar-refractivity contribution in [1.29, 1.82) is 0 Å². The summed E-state index contributed by atoms with van der Waals surface area (Å²) >= 11 is 0. The molecule has 0 aliphatic rings. The third kappa shape index (κ3) is 2.67. The second-order valence-electron chi connectivity index (χ2n) is 4.00. The van der Waals surface area contributed by atoms with Gasteiger partial charge in [0.25, 0.3) is 5.91 Å². The van der Waals surface area contributed by atoms with Crippen LogP contribution in [-0.4, -0.2) is 23.2 Å². The number of methoxy groups -OCH3 is 1. The highest BCUT2D eigenvalue weighted by molar-refractivity contribution is 6.06. The summed E-state index contributed by atoms with van der Waals surface area (Å²) in [5, 5.41) is 9.41. The molecule has 2 rings (SSSR count). The van der Waals surface area contributed by atoms with Crippen LogP contribution in [-0.2, 0) is 6.42 Å². The molecule has 4 N–H and O–H groups in total. The van der Waals surface area contributed by atoms with Crippen LogP contribution >= 0.6 is 0 Å². The number of anilines is 2. The van der Waals surface area contributed by atoms with Crippen LogP contribution in [0.2, 0.25) is 0 Å². The van der Waals surface area contributed by atoms with Crippen molar-refractivity contribution >= 4 is 17.3 Å². The van der Waals surface area contributed by atoms with E-state index in [-0.39, 0.29) is 11.6 Å². The zero-order chi connectivity index (χ0) is 13.8. The van der Waals surface area contributed by atoms with Gasteiger partial charge in [0.05, 0.1) is 18.5 Å². The number of H-pyrrole nitrogens is 1. The third-order valence-corrected chi connectivity index (χ3v) is 2.78. The SMILES string of the molecule is CCc1[nH]nc(C(=O)Nc2cccc(OC)c2)c1N. The van der Waals surface area contributed by atoms with Gasteiger partial charge in [0.2, 0.25) is 0 Å². The number of nitrogens with one attached hydrogen (secondary N) is 2. The van der Waals surface area contributed by atoms with Gasteiger partial charge in [0.1, 0.15) is 5.75 Å². The first kappa shape index (κ1) is 12.9. The molecule has 1 heterocycles. The molecule has 1 aromatic heterocycles. The number of ether oxygens (including phenoxy) is 1. The Hall–Kier alpha value is -2.50. The fraction of sp³-hybridized carbons (Fsp3) is 0.231. The number of hydrogen-bond donors (Lipinski definition) is 3. The number of aromatic nitrogens is 2. The molecule has 1 amide bonds. The van der Waals surface area contributed by atoms with Crippen LogP contribution in [0.5, 0.6) is 5.75 Å². The molecule has 1 aromatic carbocycles. The summed E-state index contributed by atoms with van der Waals surface area (Å²) in [6.07, 6.45) is 0.700. The number of nitrogen functional groups attached to an aromatic ring is 1. The molecular weight excluding hydrogens is 244 g/mol. The van der Waals surface area contributed by atoms with E-state index in [0.717, 1.165) is 5.69 Å². The normalized spacial score (nSPS) is 10.2. The molecule has 0 bridgehead atoms. The number of carbonyl (C=O) groups is 1. The largest absolute Gasteiger partial charge is 0.497 e. The maximum absolute atomic E-state index is 12.0. The highest BCUT2D eigenvalue weighted by Crippen LogP contribution is 2.19. The van der Waals surface area contributed by atoms with Crippen LogP contribution in [0.3, 0.4) is 0 Å². The molecule has 0 fully saturated rings. The van der Waals surface area contributed by atoms with Crippen molar-refractivity contribution in [3.63, 3.8) is 0 Å². The number of aromatic amines is 1. The molecule has 0 atom stereocenters. The molecule has 0 unspecified atom stereocenters. The molecular formula is C13H16N4O2. The Morgan fingerprint density at radius 1 is 1.53 bits per heavy atom. The molecule has 19 heavy (non-hydrogen) atoms. The van der Waals surface area contributed by atoms with Crippen LogP contribution in [0.25, 0.3) is 0 Å². The highest BCUT2D eigenvalue weighted by atomic mass is 16.5. The third-order valence-electron chi connectivity index (χ3n) is 2.78. The van der Waals surface area contributed by atoms with E-state index in [1.165, 1.54) is 0 Å². The van der Waals surface area contributed by atoms with Gasteiger partial charge in [0.15, 0.2) is 5.69 Å². The summed E-state index contributed by atoms with van der Waals surface area (Å²) in [4.78, 5) is 12.0. The molecule has 0 spiro atoms. The van der Waals surface area contributed by atoms with Gasteiger partial charge in [-0.15, -0.1) is 0 Å². The monoisotopic (exact) mass is 260 g/mol. The van der Waals surface area contributed by atoms with Crippen LogP contribution in [0.4, 0.5) is 11.4 Å². The summed E-state index contributed by atoms with van der Waals surface area (Å²) in [6.45, 7) is 1.94. The van der Waals surface area contributed by atoms with Gasteiger partial charge < -0.3 is 15.8 Å². The fourth-order valence-electron chi connectivity index (χ4n) is 1.72. The molecule has 0 radical (unpaired) electrons. The number of nitrogens with zero attached hydrogens (tertiary/aromatic N) is 1. The molecule has 2 aromatic rings. The lowest BCUT2D eigenvalue weighted by Crippen LogP contribution is -2.14. The Balaban J connectivity index is 2.18. The summed E-state index contributed by atoms with van der Waals surface area (Å²) in [5.41, 5.74) is 7.83. The second-order valence-corrected chi connectivity index (χ2v) is 4.00. The summed E-state index contributed by atoms with van der Waals surface area (Å²) in [5.74, 6) is 0.323. The first-order chi connectivity index (χ1) is 9.15. The average Bonchev–Trinajstić information content (AvgIpc) is 2.80. The van der Waals surface area contributed by atoms with Crippen molar-refractivity contribution < 1.29 is 9.53 Å². The first-order valence-electron chi connectivity index (χ1n) is 5.93. The Bertz CT molecular complexity index is 592. The summed E-state index contributed by atoms with van der Waals surface area (Å²) in [6, 6.07) is 7.08. The van der Waals surface area contributed by atoms with E-state index in [4.69, 9.17) is 10.5 Å². The number of rotatable bonds is 4. The van der Waals surface area contributed by atoms with Gasteiger partial charge in [-0.2, -0.15) is 5.10 Å². The predicted molar refractivity (Wildman–Crippen MR) is 73.3 cm³/mol. The van der Waals surface area contributed by atoms with E-state index in [1.54, 1.807) is 31.4 Å². The van der Waals surface area contributed by atoms with E-state index in [1.807, 2.05) is 6.92 Å². The van der Waals surface area contributed by atoms with E-state index in [2.05, 4.69) is 15.5 Å². The first-order valence-corrected chi connectivity index (χ1v) is 5.93. The molecule has 0 aliphatic heterocycles. The lowest BCUT2D eigenvalue weighted by atomic mass is 10.2. The second kappa shape index (κ2) is 5.43. The van der Waals surface area contributed by atoms with Crippen LogP contribution in [0.15, 0.2) is 24.3 Å². The molecule has 100 valence electrons. The number of aryl methyl sites for hydroxylation is 1. The topological polar surface area (TPSA) is 93.0 Å². The quantitative estimate of drug-likeness (QED) is 0.781. The minimum absolute atomic E-state index is 0.208. The van der Waals surface area contributed by atoms with Crippen molar-refractivity contribution in [2.45, 2.75) is 13.3 Å². The van der Waals surface area contributed by atoms with Crippen molar-refractivity contribution in [1.82, 2.24) is 10.2 Å². The van der Waals surface area contributed by atoms with E-state index in [0.29, 0.717) is 23.5 Å². The Labute approximate surface area is 111 Å². The maximum atomic E-state index is 12.0. The average molecular weight is 260 g/mol. The molecule has 6 nitrogen and oxygen atoms in total. The number of amides is 1.